The van der Waals surface area contributed by atoms with Crippen LogP contribution in [0.25, 0.3) is 0 Å². The van der Waals surface area contributed by atoms with Crippen molar-refractivity contribution in [3.05, 3.63) is 21.3 Å². The Morgan fingerprint density at radius 3 is 2.41 bits per heavy atom. The third kappa shape index (κ3) is 3.68. The van der Waals surface area contributed by atoms with E-state index in [0.29, 0.717) is 6.61 Å². The van der Waals surface area contributed by atoms with Crippen molar-refractivity contribution in [2.24, 2.45) is 5.73 Å². The van der Waals surface area contributed by atoms with Gasteiger partial charge in [0.1, 0.15) is 0 Å². The number of hydrogen-bond donors (Lipinski definition) is 1. The van der Waals surface area contributed by atoms with Crippen LogP contribution in [-0.2, 0) is 11.2 Å². The number of nitrogens with two attached hydrogens (primary N) is 1. The fourth-order valence-corrected chi connectivity index (χ4v) is 3.38. The van der Waals surface area contributed by atoms with Gasteiger partial charge in [-0.05, 0) is 38.3 Å². The molecule has 0 aromatic carbocycles. The monoisotopic (exact) mass is 275 g/mol. The summed E-state index contributed by atoms with van der Waals surface area (Å²) in [6, 6.07) is 4.00. The summed E-state index contributed by atoms with van der Waals surface area (Å²) in [5.41, 5.74) is 6.14. The molecule has 1 aromatic rings. The van der Waals surface area contributed by atoms with Crippen LogP contribution >= 0.6 is 22.9 Å². The quantitative estimate of drug-likeness (QED) is 0.820. The Labute approximate surface area is 113 Å². The molecule has 0 aliphatic carbocycles. The Balaban J connectivity index is 2.74. The van der Waals surface area contributed by atoms with Gasteiger partial charge in [0.05, 0.1) is 9.94 Å². The molecule has 1 heterocycles. The van der Waals surface area contributed by atoms with Crippen LogP contribution in [0.3, 0.4) is 0 Å². The van der Waals surface area contributed by atoms with Gasteiger partial charge < -0.3 is 10.5 Å². The summed E-state index contributed by atoms with van der Waals surface area (Å²) in [7, 11) is 0. The number of thiophene rings is 1. The smallest absolute Gasteiger partial charge is 0.0931 e. The summed E-state index contributed by atoms with van der Waals surface area (Å²) >= 11 is 7.53. The Morgan fingerprint density at radius 1 is 1.35 bits per heavy atom. The average Bonchev–Trinajstić information content (AvgIpc) is 2.71. The topological polar surface area (TPSA) is 35.2 Å². The number of rotatable bonds is 7. The average molecular weight is 276 g/mol. The maximum atomic E-state index is 6.34. The van der Waals surface area contributed by atoms with Crippen LogP contribution < -0.4 is 5.73 Å². The van der Waals surface area contributed by atoms with Crippen LogP contribution in [0.2, 0.25) is 4.34 Å². The van der Waals surface area contributed by atoms with Crippen LogP contribution in [0.5, 0.6) is 0 Å². The van der Waals surface area contributed by atoms with Crippen molar-refractivity contribution in [3.63, 3.8) is 0 Å². The lowest BCUT2D eigenvalue weighted by atomic mass is 9.86. The first-order valence-corrected chi connectivity index (χ1v) is 7.41. The highest BCUT2D eigenvalue weighted by Gasteiger charge is 2.34. The molecule has 17 heavy (non-hydrogen) atoms. The van der Waals surface area contributed by atoms with Gasteiger partial charge in [0, 0.05) is 17.5 Å². The van der Waals surface area contributed by atoms with Crippen molar-refractivity contribution in [3.8, 4) is 0 Å². The van der Waals surface area contributed by atoms with E-state index in [9.17, 15) is 0 Å². The van der Waals surface area contributed by atoms with Gasteiger partial charge in [0.15, 0.2) is 0 Å². The third-order valence-corrected chi connectivity index (χ3v) is 4.61. The van der Waals surface area contributed by atoms with E-state index in [-0.39, 0.29) is 11.6 Å². The second kappa shape index (κ2) is 6.74. The zero-order valence-electron chi connectivity index (χ0n) is 10.8. The lowest BCUT2D eigenvalue weighted by Crippen LogP contribution is -2.50. The largest absolute Gasteiger partial charge is 0.374 e. The standard InChI is InChI=1S/C13H22ClNOS/c1-4-13(5-2,16-6-3)11(15)9-10-7-8-12(14)17-10/h7-8,11H,4-6,9,15H2,1-3H3. The minimum atomic E-state index is -0.203. The van der Waals surface area contributed by atoms with E-state index in [1.165, 1.54) is 4.88 Å². The number of halogens is 1. The Bertz CT molecular complexity index is 336. The van der Waals surface area contributed by atoms with Gasteiger partial charge in [-0.15, -0.1) is 11.3 Å². The van der Waals surface area contributed by atoms with Crippen LogP contribution in [0.15, 0.2) is 12.1 Å². The molecule has 0 amide bonds. The predicted molar refractivity (Wildman–Crippen MR) is 75.9 cm³/mol. The fourth-order valence-electron chi connectivity index (χ4n) is 2.24. The molecule has 0 aliphatic rings. The molecule has 0 spiro atoms. The van der Waals surface area contributed by atoms with Crippen molar-refractivity contribution < 1.29 is 4.74 Å². The summed E-state index contributed by atoms with van der Waals surface area (Å²) in [4.78, 5) is 1.23. The minimum absolute atomic E-state index is 0.0205. The highest BCUT2D eigenvalue weighted by Crippen LogP contribution is 2.29. The first kappa shape index (κ1) is 15.0. The molecule has 1 atom stereocenters. The maximum absolute atomic E-state index is 6.34. The van der Waals surface area contributed by atoms with Crippen molar-refractivity contribution in [2.75, 3.05) is 6.61 Å². The second-order valence-corrected chi connectivity index (χ2v) is 6.02. The van der Waals surface area contributed by atoms with E-state index in [1.54, 1.807) is 11.3 Å². The molecule has 0 bridgehead atoms. The predicted octanol–water partition coefficient (Wildman–Crippen LogP) is 3.87. The molecule has 0 saturated heterocycles. The van der Waals surface area contributed by atoms with Crippen molar-refractivity contribution in [1.29, 1.82) is 0 Å². The van der Waals surface area contributed by atoms with Gasteiger partial charge in [0.25, 0.3) is 0 Å². The van der Waals surface area contributed by atoms with Crippen LogP contribution in [0.4, 0.5) is 0 Å². The van der Waals surface area contributed by atoms with Crippen LogP contribution in [0.1, 0.15) is 38.5 Å². The van der Waals surface area contributed by atoms with E-state index in [4.69, 9.17) is 22.1 Å². The van der Waals surface area contributed by atoms with Crippen molar-refractivity contribution >= 4 is 22.9 Å². The van der Waals surface area contributed by atoms with E-state index in [1.807, 2.05) is 13.0 Å². The Hall–Kier alpha value is -0.0900. The fraction of sp³-hybridized carbons (Fsp3) is 0.692. The minimum Gasteiger partial charge on any atom is -0.374 e. The van der Waals surface area contributed by atoms with Gasteiger partial charge in [-0.1, -0.05) is 25.4 Å². The molecule has 0 aliphatic heterocycles. The van der Waals surface area contributed by atoms with E-state index in [0.717, 1.165) is 23.6 Å². The molecule has 1 rings (SSSR count). The first-order valence-electron chi connectivity index (χ1n) is 6.21. The molecule has 2 nitrogen and oxygen atoms in total. The highest BCUT2D eigenvalue weighted by atomic mass is 35.5. The SMILES string of the molecule is CCOC(CC)(CC)C(N)Cc1ccc(Cl)s1. The molecule has 4 heteroatoms. The highest BCUT2D eigenvalue weighted by molar-refractivity contribution is 7.16. The van der Waals surface area contributed by atoms with Crippen molar-refractivity contribution in [1.82, 2.24) is 0 Å². The second-order valence-electron chi connectivity index (χ2n) is 4.22. The molecule has 0 saturated carbocycles. The van der Waals surface area contributed by atoms with Gasteiger partial charge in [-0.25, -0.2) is 0 Å². The van der Waals surface area contributed by atoms with Crippen LogP contribution in [0, 0.1) is 0 Å². The summed E-state index contributed by atoms with van der Waals surface area (Å²) < 4.78 is 6.74. The zero-order chi connectivity index (χ0) is 12.9. The van der Waals surface area contributed by atoms with Crippen molar-refractivity contribution in [2.45, 2.75) is 51.7 Å². The Morgan fingerprint density at radius 2 is 2.00 bits per heavy atom. The number of hydrogen-bond acceptors (Lipinski definition) is 3. The van der Waals surface area contributed by atoms with Crippen LogP contribution in [-0.4, -0.2) is 18.2 Å². The van der Waals surface area contributed by atoms with E-state index < -0.39 is 0 Å². The van der Waals surface area contributed by atoms with Gasteiger partial charge in [0.2, 0.25) is 0 Å². The molecule has 2 N–H and O–H groups in total. The molecule has 0 radical (unpaired) electrons. The zero-order valence-corrected chi connectivity index (χ0v) is 12.4. The molecular weight excluding hydrogens is 254 g/mol. The summed E-state index contributed by atoms with van der Waals surface area (Å²) in [5.74, 6) is 0. The normalized spacial score (nSPS) is 13.9. The molecule has 1 aromatic heterocycles. The number of ether oxygens (including phenoxy) is 1. The molecular formula is C13H22ClNOS. The molecule has 98 valence electrons. The molecule has 1 unspecified atom stereocenters. The maximum Gasteiger partial charge on any atom is 0.0931 e. The third-order valence-electron chi connectivity index (χ3n) is 3.35. The summed E-state index contributed by atoms with van der Waals surface area (Å²) in [6.45, 7) is 7.01. The van der Waals surface area contributed by atoms with Gasteiger partial charge in [-0.3, -0.25) is 0 Å². The van der Waals surface area contributed by atoms with E-state index in [2.05, 4.69) is 19.9 Å². The lowest BCUT2D eigenvalue weighted by Gasteiger charge is -2.37. The summed E-state index contributed by atoms with van der Waals surface area (Å²) in [5, 5.41) is 0. The van der Waals surface area contributed by atoms with Gasteiger partial charge in [-0.2, -0.15) is 0 Å². The Kier molecular flexibility index (Phi) is 5.93. The van der Waals surface area contributed by atoms with Gasteiger partial charge >= 0.3 is 0 Å². The van der Waals surface area contributed by atoms with E-state index >= 15 is 0 Å². The summed E-state index contributed by atoms with van der Waals surface area (Å²) in [6.07, 6.45) is 2.72. The lowest BCUT2D eigenvalue weighted by molar-refractivity contribution is -0.0632. The molecule has 0 fully saturated rings. The first-order chi connectivity index (χ1) is 8.07.